The topological polar surface area (TPSA) is 9.23 Å². The zero-order chi connectivity index (χ0) is 30.9. The Morgan fingerprint density at radius 2 is 1.02 bits per heavy atom. The molecule has 0 atom stereocenters. The summed E-state index contributed by atoms with van der Waals surface area (Å²) in [5.74, 6) is 1.90. The molecule has 2 aliphatic heterocycles. The molecule has 0 radical (unpaired) electrons. The van der Waals surface area contributed by atoms with E-state index in [4.69, 9.17) is 4.74 Å². The molecule has 8 aromatic rings. The minimum absolute atomic E-state index is 0.126. The van der Waals surface area contributed by atoms with Crippen molar-refractivity contribution in [2.45, 2.75) is 9.79 Å². The lowest BCUT2D eigenvalue weighted by molar-refractivity contribution is 0.486. The number of hydrogen-bond acceptors (Lipinski definition) is 2. The quantitative estimate of drug-likeness (QED) is 0.145. The van der Waals surface area contributed by atoms with Crippen LogP contribution in [0.2, 0.25) is 0 Å². The Labute approximate surface area is 278 Å². The molecule has 0 aromatic heterocycles. The second-order valence-electron chi connectivity index (χ2n) is 12.3. The second kappa shape index (κ2) is 10.5. The lowest BCUT2D eigenvalue weighted by Gasteiger charge is -2.33. The second-order valence-corrected chi connectivity index (χ2v) is 13.4. The zero-order valence-electron chi connectivity index (χ0n) is 25.5. The van der Waals surface area contributed by atoms with E-state index in [1.807, 2.05) is 11.8 Å². The van der Waals surface area contributed by atoms with Gasteiger partial charge in [0.05, 0.1) is 0 Å². The third kappa shape index (κ3) is 4.07. The fourth-order valence-electron chi connectivity index (χ4n) is 7.84. The molecule has 0 amide bonds. The summed E-state index contributed by atoms with van der Waals surface area (Å²) in [5.41, 5.74) is 11.3. The van der Waals surface area contributed by atoms with Gasteiger partial charge in [-0.25, -0.2) is 0 Å². The molecule has 218 valence electrons. The van der Waals surface area contributed by atoms with Gasteiger partial charge in [-0.1, -0.05) is 157 Å². The van der Waals surface area contributed by atoms with Crippen LogP contribution in [0, 0.1) is 0 Å². The monoisotopic (exact) mass is 614 g/mol. The van der Waals surface area contributed by atoms with Crippen LogP contribution < -0.4 is 21.1 Å². The smallest absolute Gasteiger partial charge is 0.253 e. The maximum atomic E-state index is 6.60. The van der Waals surface area contributed by atoms with Crippen LogP contribution in [0.15, 0.2) is 174 Å². The standard InChI is InChI=1S/C44H27BOS/c1-2-13-28(14-3-1)42-32-17-6-8-19-34(32)43(35-20-9-7-18-33(35)42)31-16-5-4-15-30(31)29-25-26-38-37(27-29)45-36-21-10-11-23-40(36)47-41-24-12-22-39(46-38)44(41)45/h1-27H. The van der Waals surface area contributed by atoms with Gasteiger partial charge in [0.2, 0.25) is 0 Å². The largest absolute Gasteiger partial charge is 0.458 e. The van der Waals surface area contributed by atoms with Gasteiger partial charge in [-0.15, -0.1) is 0 Å². The summed E-state index contributed by atoms with van der Waals surface area (Å²) in [6.07, 6.45) is 0. The Morgan fingerprint density at radius 3 is 1.79 bits per heavy atom. The van der Waals surface area contributed by atoms with Gasteiger partial charge in [0.25, 0.3) is 6.71 Å². The van der Waals surface area contributed by atoms with Crippen molar-refractivity contribution in [2.75, 3.05) is 0 Å². The van der Waals surface area contributed by atoms with E-state index >= 15 is 0 Å². The van der Waals surface area contributed by atoms with E-state index in [9.17, 15) is 0 Å². The number of ether oxygens (including phenoxy) is 1. The molecule has 0 saturated heterocycles. The molecule has 3 heteroatoms. The fourth-order valence-corrected chi connectivity index (χ4v) is 9.00. The Bertz CT molecular complexity index is 2470. The first-order chi connectivity index (χ1) is 23.3. The summed E-state index contributed by atoms with van der Waals surface area (Å²) in [6.45, 7) is 0.126. The van der Waals surface area contributed by atoms with Gasteiger partial charge >= 0.3 is 0 Å². The molecule has 0 spiro atoms. The Balaban J connectivity index is 1.22. The van der Waals surface area contributed by atoms with E-state index in [0.29, 0.717) is 0 Å². The van der Waals surface area contributed by atoms with Gasteiger partial charge < -0.3 is 4.74 Å². The van der Waals surface area contributed by atoms with Crippen LogP contribution in [0.25, 0.3) is 54.9 Å². The highest BCUT2D eigenvalue weighted by atomic mass is 32.2. The summed E-state index contributed by atoms with van der Waals surface area (Å²) >= 11 is 1.85. The molecule has 0 unspecified atom stereocenters. The molecule has 0 saturated carbocycles. The van der Waals surface area contributed by atoms with Crippen LogP contribution in [0.3, 0.4) is 0 Å². The first-order valence-corrected chi connectivity index (χ1v) is 17.0. The van der Waals surface area contributed by atoms with Crippen LogP contribution >= 0.6 is 11.8 Å². The minimum Gasteiger partial charge on any atom is -0.458 e. The highest BCUT2D eigenvalue weighted by Gasteiger charge is 2.39. The van der Waals surface area contributed by atoms with Crippen molar-refractivity contribution in [3.05, 3.63) is 164 Å². The lowest BCUT2D eigenvalue weighted by atomic mass is 9.35. The molecule has 1 nitrogen and oxygen atoms in total. The van der Waals surface area contributed by atoms with Gasteiger partial charge in [-0.05, 0) is 90.1 Å². The highest BCUT2D eigenvalue weighted by molar-refractivity contribution is 8.00. The van der Waals surface area contributed by atoms with E-state index in [0.717, 1.165) is 11.5 Å². The van der Waals surface area contributed by atoms with Gasteiger partial charge in [0, 0.05) is 9.79 Å². The predicted molar refractivity (Wildman–Crippen MR) is 199 cm³/mol. The molecule has 0 N–H and O–H groups in total. The molecule has 47 heavy (non-hydrogen) atoms. The molecule has 10 rings (SSSR count). The van der Waals surface area contributed by atoms with Crippen LogP contribution in [-0.2, 0) is 0 Å². The van der Waals surface area contributed by atoms with Crippen molar-refractivity contribution in [2.24, 2.45) is 0 Å². The van der Waals surface area contributed by atoms with Crippen molar-refractivity contribution in [3.8, 4) is 44.9 Å². The summed E-state index contributed by atoms with van der Waals surface area (Å²) in [5, 5.41) is 5.05. The third-order valence-electron chi connectivity index (χ3n) is 9.81. The van der Waals surface area contributed by atoms with Crippen molar-refractivity contribution in [1.29, 1.82) is 0 Å². The summed E-state index contributed by atoms with van der Waals surface area (Å²) in [7, 11) is 0. The number of hydrogen-bond donors (Lipinski definition) is 0. The van der Waals surface area contributed by atoms with Gasteiger partial charge in [-0.3, -0.25) is 0 Å². The normalized spacial score (nSPS) is 12.7. The first kappa shape index (κ1) is 26.7. The van der Waals surface area contributed by atoms with Crippen LogP contribution in [-0.4, -0.2) is 6.71 Å². The average Bonchev–Trinajstić information content (AvgIpc) is 3.14. The number of rotatable bonds is 3. The molecular formula is C44H27BOS. The molecule has 0 fully saturated rings. The van der Waals surface area contributed by atoms with Crippen LogP contribution in [0.1, 0.15) is 0 Å². The predicted octanol–water partition coefficient (Wildman–Crippen LogP) is 10.1. The SMILES string of the molecule is c1ccc(-c2c3ccccc3c(-c3ccccc3-c3ccc4c(c3)B3c5ccccc5Sc5cccc(c53)O4)c3ccccc23)cc1. The summed E-state index contributed by atoms with van der Waals surface area (Å²) < 4.78 is 6.60. The maximum absolute atomic E-state index is 6.60. The Hall–Kier alpha value is -5.51. The van der Waals surface area contributed by atoms with E-state index in [1.165, 1.54) is 81.1 Å². The average molecular weight is 615 g/mol. The number of fused-ring (bicyclic) bond motifs is 6. The lowest BCUT2D eigenvalue weighted by Crippen LogP contribution is -2.57. The molecule has 2 heterocycles. The van der Waals surface area contributed by atoms with Crippen molar-refractivity contribution in [3.63, 3.8) is 0 Å². The molecule has 0 aliphatic carbocycles. The highest BCUT2D eigenvalue weighted by Crippen LogP contribution is 2.46. The van der Waals surface area contributed by atoms with Gasteiger partial charge in [0.15, 0.2) is 0 Å². The molecule has 8 aromatic carbocycles. The fraction of sp³-hybridized carbons (Fsp3) is 0. The molecular weight excluding hydrogens is 587 g/mol. The maximum Gasteiger partial charge on any atom is 0.253 e. The Morgan fingerprint density at radius 1 is 0.404 bits per heavy atom. The van der Waals surface area contributed by atoms with Gasteiger partial charge in [0.1, 0.15) is 11.5 Å². The van der Waals surface area contributed by atoms with Crippen LogP contribution in [0.5, 0.6) is 11.5 Å². The minimum atomic E-state index is 0.126. The van der Waals surface area contributed by atoms with Gasteiger partial charge in [-0.2, -0.15) is 0 Å². The zero-order valence-corrected chi connectivity index (χ0v) is 26.3. The molecule has 2 aliphatic rings. The summed E-state index contributed by atoms with van der Waals surface area (Å²) in [6, 6.07) is 59.6. The van der Waals surface area contributed by atoms with E-state index in [-0.39, 0.29) is 6.71 Å². The van der Waals surface area contributed by atoms with Crippen molar-refractivity contribution >= 4 is 56.4 Å². The van der Waals surface area contributed by atoms with Crippen molar-refractivity contribution < 1.29 is 4.74 Å². The number of benzene rings is 8. The third-order valence-corrected chi connectivity index (χ3v) is 11.0. The van der Waals surface area contributed by atoms with E-state index < -0.39 is 0 Å². The Kier molecular flexibility index (Phi) is 5.97. The molecule has 0 bridgehead atoms. The summed E-state index contributed by atoms with van der Waals surface area (Å²) in [4.78, 5) is 2.59. The first-order valence-electron chi connectivity index (χ1n) is 16.1. The van der Waals surface area contributed by atoms with Crippen LogP contribution in [0.4, 0.5) is 0 Å². The van der Waals surface area contributed by atoms with E-state index in [2.05, 4.69) is 164 Å². The van der Waals surface area contributed by atoms with Crippen molar-refractivity contribution in [1.82, 2.24) is 0 Å². The van der Waals surface area contributed by atoms with E-state index in [1.54, 1.807) is 0 Å².